The molecule has 3 heteroatoms. The molecule has 0 aliphatic carbocycles. The van der Waals surface area contributed by atoms with Crippen LogP contribution in [0.2, 0.25) is 0 Å². The highest BCUT2D eigenvalue weighted by molar-refractivity contribution is 5.57. The Balaban J connectivity index is 1.96. The van der Waals surface area contributed by atoms with E-state index in [0.29, 0.717) is 0 Å². The highest BCUT2D eigenvalue weighted by atomic mass is 15.0. The molecule has 1 aromatic heterocycles. The lowest BCUT2D eigenvalue weighted by molar-refractivity contribution is 0.815. The van der Waals surface area contributed by atoms with Gasteiger partial charge in [0, 0.05) is 35.1 Å². The molecule has 2 aromatic rings. The van der Waals surface area contributed by atoms with Crippen LogP contribution in [0.3, 0.4) is 0 Å². The van der Waals surface area contributed by atoms with Crippen LogP contribution < -0.4 is 11.1 Å². The summed E-state index contributed by atoms with van der Waals surface area (Å²) >= 11 is 0. The van der Waals surface area contributed by atoms with Gasteiger partial charge in [-0.15, -0.1) is 0 Å². The average molecular weight is 249 g/mol. The number of aromatic nitrogens is 1. The van der Waals surface area contributed by atoms with Gasteiger partial charge < -0.3 is 11.1 Å². The number of nitrogens with two attached hydrogens (primary N) is 1. The van der Waals surface area contributed by atoms with E-state index < -0.39 is 0 Å². The summed E-state index contributed by atoms with van der Waals surface area (Å²) in [6.45, 7) is 0.992. The molecule has 0 unspecified atom stereocenters. The Labute approximate surface area is 112 Å². The van der Waals surface area contributed by atoms with E-state index in [1.807, 2.05) is 30.3 Å². The van der Waals surface area contributed by atoms with Gasteiger partial charge in [-0.2, -0.15) is 0 Å². The molecular weight excluding hydrogens is 234 g/mol. The lowest BCUT2D eigenvalue weighted by Gasteiger charge is -2.17. The molecule has 19 heavy (non-hydrogen) atoms. The van der Waals surface area contributed by atoms with Crippen LogP contribution in [0.5, 0.6) is 0 Å². The molecule has 0 fully saturated rings. The van der Waals surface area contributed by atoms with Gasteiger partial charge in [-0.05, 0) is 37.1 Å². The standard InChI is InChI=1S/C16H15N3/c17-14-4-1-3-12(11-14)6-7-13-8-10-19-16-15(13)5-2-9-18-16/h1,3-4,8,10-11H,2,5,9,17H2,(H,18,19). The zero-order valence-corrected chi connectivity index (χ0v) is 10.6. The molecular formula is C16H15N3. The fourth-order valence-electron chi connectivity index (χ4n) is 2.24. The lowest BCUT2D eigenvalue weighted by atomic mass is 10.0. The maximum absolute atomic E-state index is 5.75. The first-order valence-electron chi connectivity index (χ1n) is 6.42. The number of hydrogen-bond acceptors (Lipinski definition) is 3. The van der Waals surface area contributed by atoms with Gasteiger partial charge in [0.1, 0.15) is 5.82 Å². The van der Waals surface area contributed by atoms with Crippen molar-refractivity contribution in [2.24, 2.45) is 0 Å². The van der Waals surface area contributed by atoms with E-state index in [0.717, 1.165) is 42.0 Å². The second-order valence-corrected chi connectivity index (χ2v) is 4.59. The van der Waals surface area contributed by atoms with E-state index in [1.165, 1.54) is 5.56 Å². The second-order valence-electron chi connectivity index (χ2n) is 4.59. The predicted molar refractivity (Wildman–Crippen MR) is 77.9 cm³/mol. The number of fused-ring (bicyclic) bond motifs is 1. The third-order valence-corrected chi connectivity index (χ3v) is 3.18. The molecule has 3 N–H and O–H groups in total. The van der Waals surface area contributed by atoms with Gasteiger partial charge in [0.25, 0.3) is 0 Å². The third-order valence-electron chi connectivity index (χ3n) is 3.18. The fourth-order valence-corrected chi connectivity index (χ4v) is 2.24. The van der Waals surface area contributed by atoms with E-state index in [9.17, 15) is 0 Å². The lowest BCUT2D eigenvalue weighted by Crippen LogP contribution is -2.14. The number of hydrogen-bond donors (Lipinski definition) is 2. The number of nitrogens with one attached hydrogen (secondary N) is 1. The van der Waals surface area contributed by atoms with Crippen molar-refractivity contribution in [3.63, 3.8) is 0 Å². The van der Waals surface area contributed by atoms with Gasteiger partial charge in [0.05, 0.1) is 0 Å². The molecule has 3 nitrogen and oxygen atoms in total. The Morgan fingerprint density at radius 2 is 2.16 bits per heavy atom. The molecule has 0 amide bonds. The van der Waals surface area contributed by atoms with Gasteiger partial charge >= 0.3 is 0 Å². The van der Waals surface area contributed by atoms with Gasteiger partial charge in [-0.25, -0.2) is 4.98 Å². The van der Waals surface area contributed by atoms with E-state index in [-0.39, 0.29) is 0 Å². The van der Waals surface area contributed by atoms with Crippen molar-refractivity contribution in [1.29, 1.82) is 0 Å². The van der Waals surface area contributed by atoms with E-state index in [2.05, 4.69) is 22.1 Å². The van der Waals surface area contributed by atoms with Crippen molar-refractivity contribution < 1.29 is 0 Å². The first kappa shape index (κ1) is 11.6. The zero-order valence-electron chi connectivity index (χ0n) is 10.6. The largest absolute Gasteiger partial charge is 0.399 e. The third kappa shape index (κ3) is 2.53. The normalized spacial score (nSPS) is 12.8. The molecule has 0 bridgehead atoms. The monoisotopic (exact) mass is 249 g/mol. The van der Waals surface area contributed by atoms with Crippen molar-refractivity contribution in [2.45, 2.75) is 12.8 Å². The molecule has 0 radical (unpaired) electrons. The summed E-state index contributed by atoms with van der Waals surface area (Å²) in [6.07, 6.45) is 3.98. The van der Waals surface area contributed by atoms with Crippen molar-refractivity contribution in [3.8, 4) is 11.8 Å². The Kier molecular flexibility index (Phi) is 3.07. The summed E-state index contributed by atoms with van der Waals surface area (Å²) in [7, 11) is 0. The van der Waals surface area contributed by atoms with Crippen LogP contribution in [0.15, 0.2) is 36.5 Å². The summed E-state index contributed by atoms with van der Waals surface area (Å²) in [5, 5.41) is 3.31. The minimum Gasteiger partial charge on any atom is -0.399 e. The van der Waals surface area contributed by atoms with Crippen LogP contribution in [-0.4, -0.2) is 11.5 Å². The summed E-state index contributed by atoms with van der Waals surface area (Å²) < 4.78 is 0. The zero-order chi connectivity index (χ0) is 13.1. The van der Waals surface area contributed by atoms with Crippen LogP contribution in [0, 0.1) is 11.8 Å². The van der Waals surface area contributed by atoms with E-state index in [1.54, 1.807) is 6.20 Å². The molecule has 94 valence electrons. The minimum absolute atomic E-state index is 0.741. The van der Waals surface area contributed by atoms with Crippen molar-refractivity contribution >= 4 is 11.5 Å². The van der Waals surface area contributed by atoms with Gasteiger partial charge in [0.15, 0.2) is 0 Å². The van der Waals surface area contributed by atoms with Crippen LogP contribution in [0.4, 0.5) is 11.5 Å². The number of pyridine rings is 1. The van der Waals surface area contributed by atoms with Crippen LogP contribution in [-0.2, 0) is 6.42 Å². The Bertz CT molecular complexity index is 665. The minimum atomic E-state index is 0.741. The molecule has 1 aromatic carbocycles. The number of nitrogens with zero attached hydrogens (tertiary/aromatic N) is 1. The summed E-state index contributed by atoms with van der Waals surface area (Å²) in [6, 6.07) is 9.62. The highest BCUT2D eigenvalue weighted by Gasteiger charge is 2.12. The summed E-state index contributed by atoms with van der Waals surface area (Å²) in [5.74, 6) is 7.37. The smallest absolute Gasteiger partial charge is 0.130 e. The molecule has 2 heterocycles. The van der Waals surface area contributed by atoms with E-state index >= 15 is 0 Å². The first-order chi connectivity index (χ1) is 9.33. The fraction of sp³-hybridized carbons (Fsp3) is 0.188. The molecule has 0 spiro atoms. The molecule has 0 saturated carbocycles. The van der Waals surface area contributed by atoms with Crippen molar-refractivity contribution in [2.75, 3.05) is 17.6 Å². The summed E-state index contributed by atoms with van der Waals surface area (Å²) in [4.78, 5) is 4.35. The highest BCUT2D eigenvalue weighted by Crippen LogP contribution is 2.22. The molecule has 3 rings (SSSR count). The van der Waals surface area contributed by atoms with Gasteiger partial charge in [0.2, 0.25) is 0 Å². The van der Waals surface area contributed by atoms with E-state index in [4.69, 9.17) is 5.73 Å². The molecule has 1 aliphatic heterocycles. The number of rotatable bonds is 0. The van der Waals surface area contributed by atoms with Crippen molar-refractivity contribution in [1.82, 2.24) is 4.98 Å². The van der Waals surface area contributed by atoms with Crippen LogP contribution >= 0.6 is 0 Å². The van der Waals surface area contributed by atoms with Crippen LogP contribution in [0.25, 0.3) is 0 Å². The van der Waals surface area contributed by atoms with Gasteiger partial charge in [-0.1, -0.05) is 17.9 Å². The van der Waals surface area contributed by atoms with Crippen molar-refractivity contribution in [3.05, 3.63) is 53.2 Å². The van der Waals surface area contributed by atoms with Gasteiger partial charge in [-0.3, -0.25) is 0 Å². The topological polar surface area (TPSA) is 50.9 Å². The first-order valence-corrected chi connectivity index (χ1v) is 6.42. The number of benzene rings is 1. The Morgan fingerprint density at radius 3 is 3.05 bits per heavy atom. The van der Waals surface area contributed by atoms with Crippen LogP contribution in [0.1, 0.15) is 23.1 Å². The Morgan fingerprint density at radius 1 is 1.21 bits per heavy atom. The molecule has 1 aliphatic rings. The number of anilines is 2. The Hall–Kier alpha value is -2.47. The average Bonchev–Trinajstić information content (AvgIpc) is 2.45. The maximum atomic E-state index is 5.75. The SMILES string of the molecule is Nc1cccc(C#Cc2ccnc3c2CCCN3)c1. The predicted octanol–water partition coefficient (Wildman–Crippen LogP) is 2.42. The maximum Gasteiger partial charge on any atom is 0.130 e. The molecule has 0 saturated heterocycles. The quantitative estimate of drug-likeness (QED) is 0.557. The second kappa shape index (κ2) is 5.03. The summed E-state index contributed by atoms with van der Waals surface area (Å²) in [5.41, 5.74) is 9.71. The number of nitrogen functional groups attached to an aromatic ring is 1. The molecule has 0 atom stereocenters.